The maximum absolute atomic E-state index is 12.6. The molecule has 8 nitrogen and oxygen atoms in total. The second-order valence-corrected chi connectivity index (χ2v) is 8.61. The highest BCUT2D eigenvalue weighted by Crippen LogP contribution is 2.28. The fourth-order valence-electron chi connectivity index (χ4n) is 3.56. The smallest absolute Gasteiger partial charge is 0.323 e. The number of nitrogens with one attached hydrogen (secondary N) is 1. The summed E-state index contributed by atoms with van der Waals surface area (Å²) in [5.41, 5.74) is 2.35. The Morgan fingerprint density at radius 1 is 1.18 bits per heavy atom. The molecule has 0 bridgehead atoms. The van der Waals surface area contributed by atoms with Crippen LogP contribution in [0.5, 0.6) is 17.5 Å². The summed E-state index contributed by atoms with van der Waals surface area (Å²) in [5.74, 6) is 2.29. The predicted molar refractivity (Wildman–Crippen MR) is 129 cm³/mol. The van der Waals surface area contributed by atoms with E-state index < -0.39 is 0 Å². The summed E-state index contributed by atoms with van der Waals surface area (Å²) in [7, 11) is 1.52. The van der Waals surface area contributed by atoms with E-state index in [0.717, 1.165) is 22.2 Å². The molecule has 1 aliphatic heterocycles. The van der Waals surface area contributed by atoms with Gasteiger partial charge in [-0.05, 0) is 58.1 Å². The van der Waals surface area contributed by atoms with Gasteiger partial charge in [-0.1, -0.05) is 30.7 Å². The number of rotatable bonds is 5. The summed E-state index contributed by atoms with van der Waals surface area (Å²) in [4.78, 5) is 18.7. The van der Waals surface area contributed by atoms with Crippen LogP contribution in [0, 0.1) is 5.92 Å². The Bertz CT molecular complexity index is 1140. The number of likely N-dealkylation sites (tertiary alicyclic amines) is 1. The summed E-state index contributed by atoms with van der Waals surface area (Å²) in [6.45, 7) is 3.38. The number of amides is 2. The Balaban J connectivity index is 1.37. The van der Waals surface area contributed by atoms with Gasteiger partial charge in [0.2, 0.25) is 11.8 Å². The zero-order valence-corrected chi connectivity index (χ0v) is 19.9. The Hall–Kier alpha value is -3.46. The summed E-state index contributed by atoms with van der Waals surface area (Å²) in [6.07, 6.45) is 4.67. The molecule has 4 rings (SSSR count). The van der Waals surface area contributed by atoms with Crippen molar-refractivity contribution in [3.8, 4) is 17.5 Å². The number of carbonyl (C=O) groups is 1. The van der Waals surface area contributed by atoms with Crippen molar-refractivity contribution in [2.75, 3.05) is 25.5 Å². The van der Waals surface area contributed by atoms with E-state index >= 15 is 0 Å². The van der Waals surface area contributed by atoms with Gasteiger partial charge in [0, 0.05) is 35.9 Å². The van der Waals surface area contributed by atoms with Crippen LogP contribution in [0.25, 0.3) is 6.08 Å². The number of urea groups is 1. The van der Waals surface area contributed by atoms with Crippen LogP contribution in [-0.2, 0) is 0 Å². The normalized spacial score (nSPS) is 17.0. The number of hydrogen-bond donors (Lipinski definition) is 1. The minimum atomic E-state index is -0.183. The van der Waals surface area contributed by atoms with E-state index in [2.05, 4.69) is 49.4 Å². The molecule has 1 unspecified atom stereocenters. The molecule has 1 saturated heterocycles. The highest BCUT2D eigenvalue weighted by atomic mass is 79.9. The van der Waals surface area contributed by atoms with Gasteiger partial charge in [0.15, 0.2) is 5.82 Å². The van der Waals surface area contributed by atoms with Crippen LogP contribution in [0.4, 0.5) is 10.6 Å². The van der Waals surface area contributed by atoms with Crippen LogP contribution in [0.2, 0.25) is 0 Å². The first-order valence-corrected chi connectivity index (χ1v) is 11.3. The van der Waals surface area contributed by atoms with Crippen LogP contribution >= 0.6 is 15.9 Å². The van der Waals surface area contributed by atoms with Gasteiger partial charge in [-0.2, -0.15) is 0 Å². The molecular weight excluding hydrogens is 486 g/mol. The fraction of sp³-hybridized carbons (Fsp3) is 0.250. The molecule has 2 amide bonds. The molecule has 1 aliphatic rings. The molecule has 33 heavy (non-hydrogen) atoms. The topological polar surface area (TPSA) is 89.5 Å². The molecule has 0 spiro atoms. The van der Waals surface area contributed by atoms with Gasteiger partial charge in [0.1, 0.15) is 5.75 Å². The Labute approximate surface area is 200 Å². The van der Waals surface area contributed by atoms with Crippen molar-refractivity contribution in [1.82, 2.24) is 20.1 Å². The van der Waals surface area contributed by atoms with E-state index in [1.807, 2.05) is 36.4 Å². The van der Waals surface area contributed by atoms with Crippen molar-refractivity contribution in [2.45, 2.75) is 13.3 Å². The molecule has 3 heterocycles. The lowest BCUT2D eigenvalue weighted by atomic mass is 9.91. The van der Waals surface area contributed by atoms with E-state index in [-0.39, 0.29) is 11.9 Å². The second kappa shape index (κ2) is 10.4. The van der Waals surface area contributed by atoms with Crippen LogP contribution in [0.15, 0.2) is 64.8 Å². The van der Waals surface area contributed by atoms with Gasteiger partial charge in [-0.25, -0.2) is 9.78 Å². The largest absolute Gasteiger partial charge is 0.480 e. The Kier molecular flexibility index (Phi) is 7.19. The standard InChI is InChI=1S/C24H24BrN5O3/c1-16-15-30(24(31)27-21-7-9-23(32-2)29-28-21)11-10-18(16)12-17-4-3-5-20(13-17)33-22-8-6-19(25)14-26-22/h3-9,12-14,16H,10-11,15H2,1-2H3,(H,27,28,31)/b18-12+. The first-order chi connectivity index (χ1) is 16.0. The number of anilines is 1. The van der Waals surface area contributed by atoms with Crippen molar-refractivity contribution in [2.24, 2.45) is 5.92 Å². The fourth-order valence-corrected chi connectivity index (χ4v) is 3.79. The number of nitrogens with zero attached hydrogens (tertiary/aromatic N) is 4. The van der Waals surface area contributed by atoms with Crippen LogP contribution < -0.4 is 14.8 Å². The Morgan fingerprint density at radius 2 is 2.03 bits per heavy atom. The molecule has 0 aliphatic carbocycles. The van der Waals surface area contributed by atoms with Gasteiger partial charge < -0.3 is 14.4 Å². The van der Waals surface area contributed by atoms with Gasteiger partial charge in [0.05, 0.1) is 7.11 Å². The second-order valence-electron chi connectivity index (χ2n) is 7.70. The quantitative estimate of drug-likeness (QED) is 0.495. The van der Waals surface area contributed by atoms with Gasteiger partial charge in [-0.3, -0.25) is 5.32 Å². The maximum Gasteiger partial charge on any atom is 0.323 e. The molecule has 3 aromatic rings. The van der Waals surface area contributed by atoms with Crippen molar-refractivity contribution in [3.63, 3.8) is 0 Å². The number of benzene rings is 1. The zero-order valence-electron chi connectivity index (χ0n) is 18.4. The number of piperidine rings is 1. The number of ether oxygens (including phenoxy) is 2. The predicted octanol–water partition coefficient (Wildman–Crippen LogP) is 5.39. The number of hydrogen-bond acceptors (Lipinski definition) is 6. The average molecular weight is 510 g/mol. The third kappa shape index (κ3) is 6.07. The highest BCUT2D eigenvalue weighted by molar-refractivity contribution is 9.10. The number of halogens is 1. The lowest BCUT2D eigenvalue weighted by Gasteiger charge is -2.33. The first-order valence-electron chi connectivity index (χ1n) is 10.5. The summed E-state index contributed by atoms with van der Waals surface area (Å²) < 4.78 is 11.8. The molecule has 170 valence electrons. The van der Waals surface area contributed by atoms with Gasteiger partial charge >= 0.3 is 6.03 Å². The molecule has 1 atom stereocenters. The summed E-state index contributed by atoms with van der Waals surface area (Å²) in [5, 5.41) is 10.6. The molecule has 0 saturated carbocycles. The van der Waals surface area contributed by atoms with Crippen LogP contribution in [-0.4, -0.2) is 46.3 Å². The van der Waals surface area contributed by atoms with E-state index in [1.54, 1.807) is 23.2 Å². The minimum absolute atomic E-state index is 0.183. The van der Waals surface area contributed by atoms with Crippen molar-refractivity contribution in [1.29, 1.82) is 0 Å². The molecule has 1 fully saturated rings. The van der Waals surface area contributed by atoms with E-state index in [4.69, 9.17) is 9.47 Å². The van der Waals surface area contributed by atoms with E-state index in [9.17, 15) is 4.79 Å². The first kappa shape index (κ1) is 22.7. The van der Waals surface area contributed by atoms with Crippen molar-refractivity contribution < 1.29 is 14.3 Å². The Morgan fingerprint density at radius 3 is 2.73 bits per heavy atom. The van der Waals surface area contributed by atoms with Crippen molar-refractivity contribution >= 4 is 33.9 Å². The van der Waals surface area contributed by atoms with E-state index in [1.165, 1.54) is 12.7 Å². The van der Waals surface area contributed by atoms with Crippen molar-refractivity contribution in [3.05, 3.63) is 70.3 Å². The third-order valence-corrected chi connectivity index (χ3v) is 5.77. The lowest BCUT2D eigenvalue weighted by Crippen LogP contribution is -2.42. The molecule has 1 aromatic carbocycles. The molecule has 1 N–H and O–H groups in total. The molecular formula is C24H24BrN5O3. The van der Waals surface area contributed by atoms with E-state index in [0.29, 0.717) is 30.7 Å². The third-order valence-electron chi connectivity index (χ3n) is 5.30. The van der Waals surface area contributed by atoms with Crippen LogP contribution in [0.1, 0.15) is 18.9 Å². The number of methoxy groups -OCH3 is 1. The lowest BCUT2D eigenvalue weighted by molar-refractivity contribution is 0.197. The maximum atomic E-state index is 12.6. The number of carbonyl (C=O) groups excluding carboxylic acids is 1. The molecule has 0 radical (unpaired) electrons. The average Bonchev–Trinajstić information content (AvgIpc) is 2.82. The number of aromatic nitrogens is 3. The van der Waals surface area contributed by atoms with Gasteiger partial charge in [-0.15, -0.1) is 10.2 Å². The van der Waals surface area contributed by atoms with Crippen LogP contribution in [0.3, 0.4) is 0 Å². The summed E-state index contributed by atoms with van der Waals surface area (Å²) in [6, 6.07) is 14.8. The molecule has 2 aromatic heterocycles. The summed E-state index contributed by atoms with van der Waals surface area (Å²) >= 11 is 3.37. The zero-order chi connectivity index (χ0) is 23.2. The molecule has 9 heteroatoms. The minimum Gasteiger partial charge on any atom is -0.480 e. The van der Waals surface area contributed by atoms with Gasteiger partial charge in [0.25, 0.3) is 0 Å². The SMILES string of the molecule is COc1ccc(NC(=O)N2CC/C(=C\c3cccc(Oc4ccc(Br)cn4)c3)C(C)C2)nn1. The highest BCUT2D eigenvalue weighted by Gasteiger charge is 2.24. The monoisotopic (exact) mass is 509 g/mol. The number of pyridine rings is 1.